The number of nitrogens with one attached hydrogen (secondary N) is 1. The van der Waals surface area contributed by atoms with Crippen molar-refractivity contribution in [2.75, 3.05) is 20.6 Å². The molecule has 0 saturated heterocycles. The zero-order valence-electron chi connectivity index (χ0n) is 13.2. The van der Waals surface area contributed by atoms with Crippen LogP contribution in [0.25, 0.3) is 0 Å². The Morgan fingerprint density at radius 3 is 2.20 bits per heavy atom. The molecule has 1 saturated carbocycles. The molecule has 3 N–H and O–H groups in total. The Labute approximate surface area is 122 Å². The molecule has 1 fully saturated rings. The average Bonchev–Trinajstić information content (AvgIpc) is 2.86. The van der Waals surface area contributed by atoms with Gasteiger partial charge >= 0.3 is 0 Å². The number of hydrogen-bond donors (Lipinski definition) is 2. The molecule has 0 radical (unpaired) electrons. The first-order valence-corrected chi connectivity index (χ1v) is 7.54. The third-order valence-electron chi connectivity index (χ3n) is 4.18. The zero-order valence-corrected chi connectivity index (χ0v) is 13.2. The summed E-state index contributed by atoms with van der Waals surface area (Å²) in [6, 6.07) is -0.443. The molecular formula is C15H29N3O2. The summed E-state index contributed by atoms with van der Waals surface area (Å²) in [5, 5.41) is 2.95. The largest absolute Gasteiger partial charge is 0.347 e. The van der Waals surface area contributed by atoms with E-state index in [1.54, 1.807) is 14.1 Å². The topological polar surface area (TPSA) is 75.4 Å². The Morgan fingerprint density at radius 1 is 1.25 bits per heavy atom. The summed E-state index contributed by atoms with van der Waals surface area (Å²) in [6.45, 7) is 4.47. The molecule has 0 bridgehead atoms. The van der Waals surface area contributed by atoms with Gasteiger partial charge in [0, 0.05) is 20.6 Å². The highest BCUT2D eigenvalue weighted by Gasteiger charge is 2.41. The van der Waals surface area contributed by atoms with Crippen LogP contribution >= 0.6 is 0 Å². The monoisotopic (exact) mass is 283 g/mol. The van der Waals surface area contributed by atoms with E-state index in [1.807, 2.05) is 0 Å². The van der Waals surface area contributed by atoms with Gasteiger partial charge < -0.3 is 16.0 Å². The van der Waals surface area contributed by atoms with Gasteiger partial charge in [-0.05, 0) is 25.2 Å². The van der Waals surface area contributed by atoms with E-state index < -0.39 is 11.5 Å². The number of amides is 2. The van der Waals surface area contributed by atoms with Crippen LogP contribution < -0.4 is 11.1 Å². The molecule has 0 aromatic rings. The third-order valence-corrected chi connectivity index (χ3v) is 4.18. The number of carbonyl (C=O) groups is 2. The van der Waals surface area contributed by atoms with E-state index in [2.05, 4.69) is 19.2 Å². The Hall–Kier alpha value is -1.10. The van der Waals surface area contributed by atoms with Crippen LogP contribution in [0.15, 0.2) is 0 Å². The highest BCUT2D eigenvalue weighted by molar-refractivity contribution is 5.90. The zero-order chi connectivity index (χ0) is 15.3. The minimum atomic E-state index is -0.457. The maximum atomic E-state index is 12.6. The van der Waals surface area contributed by atoms with Crippen LogP contribution in [0.1, 0.15) is 46.0 Å². The summed E-state index contributed by atoms with van der Waals surface area (Å²) < 4.78 is 0. The fourth-order valence-corrected chi connectivity index (χ4v) is 2.89. The van der Waals surface area contributed by atoms with Gasteiger partial charge in [0.2, 0.25) is 11.8 Å². The molecular weight excluding hydrogens is 254 g/mol. The van der Waals surface area contributed by atoms with Gasteiger partial charge in [-0.3, -0.25) is 9.59 Å². The average molecular weight is 283 g/mol. The van der Waals surface area contributed by atoms with E-state index in [0.29, 0.717) is 18.9 Å². The number of nitrogens with two attached hydrogens (primary N) is 1. The minimum Gasteiger partial charge on any atom is -0.347 e. The lowest BCUT2D eigenvalue weighted by atomic mass is 9.84. The quantitative estimate of drug-likeness (QED) is 0.767. The Kier molecular flexibility index (Phi) is 5.99. The second-order valence-electron chi connectivity index (χ2n) is 6.58. The summed E-state index contributed by atoms with van der Waals surface area (Å²) in [7, 11) is 3.44. The number of nitrogens with zero attached hydrogens (tertiary/aromatic N) is 1. The lowest BCUT2D eigenvalue weighted by Crippen LogP contribution is -2.53. The molecule has 1 aliphatic rings. The summed E-state index contributed by atoms with van der Waals surface area (Å²) in [5.74, 6) is 0.261. The fraction of sp³-hybridized carbons (Fsp3) is 0.867. The predicted molar refractivity (Wildman–Crippen MR) is 80.0 cm³/mol. The van der Waals surface area contributed by atoms with Gasteiger partial charge in [0.05, 0.1) is 5.41 Å². The molecule has 0 heterocycles. The first-order chi connectivity index (χ1) is 9.32. The number of likely N-dealkylation sites (N-methyl/N-ethyl adjacent to an activating group) is 1. The van der Waals surface area contributed by atoms with Crippen LogP contribution in [0.2, 0.25) is 0 Å². The van der Waals surface area contributed by atoms with Crippen molar-refractivity contribution in [3.63, 3.8) is 0 Å². The third kappa shape index (κ3) is 3.95. The molecule has 0 aromatic heterocycles. The number of carbonyl (C=O) groups excluding carboxylic acids is 2. The van der Waals surface area contributed by atoms with Crippen LogP contribution in [-0.4, -0.2) is 43.4 Å². The molecule has 20 heavy (non-hydrogen) atoms. The molecule has 0 aliphatic heterocycles. The highest BCUT2D eigenvalue weighted by Crippen LogP contribution is 2.37. The maximum Gasteiger partial charge on any atom is 0.244 e. The summed E-state index contributed by atoms with van der Waals surface area (Å²) in [6.07, 6.45) is 4.41. The molecule has 5 heteroatoms. The van der Waals surface area contributed by atoms with Crippen molar-refractivity contribution in [1.29, 1.82) is 0 Å². The fourth-order valence-electron chi connectivity index (χ4n) is 2.89. The van der Waals surface area contributed by atoms with Gasteiger partial charge in [-0.25, -0.2) is 0 Å². The van der Waals surface area contributed by atoms with E-state index in [9.17, 15) is 9.59 Å². The lowest BCUT2D eigenvalue weighted by Gasteiger charge is -2.30. The summed E-state index contributed by atoms with van der Waals surface area (Å²) in [5.41, 5.74) is 5.37. The summed E-state index contributed by atoms with van der Waals surface area (Å²) >= 11 is 0. The molecule has 0 spiro atoms. The molecule has 1 unspecified atom stereocenters. The van der Waals surface area contributed by atoms with Gasteiger partial charge in [-0.15, -0.1) is 0 Å². The lowest BCUT2D eigenvalue weighted by molar-refractivity contribution is -0.138. The van der Waals surface area contributed by atoms with Crippen LogP contribution in [0.3, 0.4) is 0 Å². The molecule has 116 valence electrons. The van der Waals surface area contributed by atoms with Crippen LogP contribution in [-0.2, 0) is 9.59 Å². The second kappa shape index (κ2) is 7.07. The maximum absolute atomic E-state index is 12.6. The van der Waals surface area contributed by atoms with Crippen molar-refractivity contribution in [3.05, 3.63) is 0 Å². The molecule has 0 aromatic carbocycles. The normalized spacial score (nSPS) is 18.9. The SMILES string of the molecule is CC(C)CC(NC(=O)C1(CN)CCCC1)C(=O)N(C)C. The van der Waals surface area contributed by atoms with E-state index >= 15 is 0 Å². The van der Waals surface area contributed by atoms with Crippen molar-refractivity contribution in [2.24, 2.45) is 17.1 Å². The van der Waals surface area contributed by atoms with Crippen molar-refractivity contribution < 1.29 is 9.59 Å². The molecule has 1 rings (SSSR count). The number of rotatable bonds is 6. The van der Waals surface area contributed by atoms with Crippen molar-refractivity contribution in [2.45, 2.75) is 52.0 Å². The van der Waals surface area contributed by atoms with E-state index in [0.717, 1.165) is 25.7 Å². The first kappa shape index (κ1) is 17.0. The molecule has 1 atom stereocenters. The van der Waals surface area contributed by atoms with Crippen LogP contribution in [0.4, 0.5) is 0 Å². The Balaban J connectivity index is 2.78. The number of hydrogen-bond acceptors (Lipinski definition) is 3. The van der Waals surface area contributed by atoms with Gasteiger partial charge in [-0.1, -0.05) is 26.7 Å². The van der Waals surface area contributed by atoms with Gasteiger partial charge in [-0.2, -0.15) is 0 Å². The Bertz CT molecular complexity index is 347. The van der Waals surface area contributed by atoms with E-state index in [1.165, 1.54) is 4.90 Å². The summed E-state index contributed by atoms with van der Waals surface area (Å²) in [4.78, 5) is 26.3. The van der Waals surface area contributed by atoms with Crippen molar-refractivity contribution in [1.82, 2.24) is 10.2 Å². The minimum absolute atomic E-state index is 0.0432. The Morgan fingerprint density at radius 2 is 1.80 bits per heavy atom. The highest BCUT2D eigenvalue weighted by atomic mass is 16.2. The smallest absolute Gasteiger partial charge is 0.244 e. The molecule has 2 amide bonds. The predicted octanol–water partition coefficient (Wildman–Crippen LogP) is 1.12. The van der Waals surface area contributed by atoms with E-state index in [-0.39, 0.29) is 11.8 Å². The molecule has 5 nitrogen and oxygen atoms in total. The van der Waals surface area contributed by atoms with Crippen LogP contribution in [0, 0.1) is 11.3 Å². The van der Waals surface area contributed by atoms with Gasteiger partial charge in [0.25, 0.3) is 0 Å². The first-order valence-electron chi connectivity index (χ1n) is 7.54. The molecule has 1 aliphatic carbocycles. The van der Waals surface area contributed by atoms with Gasteiger partial charge in [0.1, 0.15) is 6.04 Å². The van der Waals surface area contributed by atoms with Gasteiger partial charge in [0.15, 0.2) is 0 Å². The van der Waals surface area contributed by atoms with Crippen molar-refractivity contribution >= 4 is 11.8 Å². The standard InChI is InChI=1S/C15H29N3O2/c1-11(2)9-12(13(19)18(3)4)17-14(20)15(10-16)7-5-6-8-15/h11-12H,5-10,16H2,1-4H3,(H,17,20). The second-order valence-corrected chi connectivity index (χ2v) is 6.58. The van der Waals surface area contributed by atoms with E-state index in [4.69, 9.17) is 5.73 Å². The van der Waals surface area contributed by atoms with Crippen LogP contribution in [0.5, 0.6) is 0 Å². The van der Waals surface area contributed by atoms with Crippen molar-refractivity contribution in [3.8, 4) is 0 Å².